The second-order valence-corrected chi connectivity index (χ2v) is 8.59. The molecule has 0 radical (unpaired) electrons. The molecule has 2 aromatic carbocycles. The van der Waals surface area contributed by atoms with Gasteiger partial charge in [0.1, 0.15) is 0 Å². The Morgan fingerprint density at radius 3 is 2.90 bits per heavy atom. The molecule has 8 nitrogen and oxygen atoms in total. The Bertz CT molecular complexity index is 1190. The molecule has 158 valence electrons. The fourth-order valence-corrected chi connectivity index (χ4v) is 3.90. The summed E-state index contributed by atoms with van der Waals surface area (Å²) in [5.41, 5.74) is 2.88. The van der Waals surface area contributed by atoms with Crippen LogP contribution in [-0.4, -0.2) is 31.2 Å². The average Bonchev–Trinajstić information content (AvgIpc) is 3.41. The minimum atomic E-state index is -0.114. The van der Waals surface area contributed by atoms with Crippen molar-refractivity contribution >= 4 is 39.3 Å². The number of nitrogens with zero attached hydrogens (tertiary/aromatic N) is 4. The molecule has 10 heteroatoms. The molecule has 0 aliphatic heterocycles. The zero-order valence-corrected chi connectivity index (χ0v) is 19.0. The molecule has 0 atom stereocenters. The van der Waals surface area contributed by atoms with Crippen LogP contribution in [-0.2, 0) is 17.0 Å². The van der Waals surface area contributed by atoms with Gasteiger partial charge in [0.05, 0.1) is 5.75 Å². The molecule has 0 aliphatic rings. The lowest BCUT2D eigenvalue weighted by Gasteiger charge is -2.04. The molecule has 0 aliphatic carbocycles. The molecule has 2 N–H and O–H groups in total. The average molecular weight is 499 g/mol. The van der Waals surface area contributed by atoms with E-state index in [1.54, 1.807) is 0 Å². The van der Waals surface area contributed by atoms with Crippen molar-refractivity contribution in [1.82, 2.24) is 25.3 Å². The number of anilines is 1. The summed E-state index contributed by atoms with van der Waals surface area (Å²) in [4.78, 5) is 21.0. The van der Waals surface area contributed by atoms with Crippen molar-refractivity contribution in [2.24, 2.45) is 0 Å². The lowest BCUT2D eigenvalue weighted by Crippen LogP contribution is -2.12. The van der Waals surface area contributed by atoms with E-state index < -0.39 is 0 Å². The minimum Gasteiger partial charge on any atom is -0.339 e. The highest BCUT2D eigenvalue weighted by Crippen LogP contribution is 2.23. The summed E-state index contributed by atoms with van der Waals surface area (Å²) in [5.74, 6) is 2.05. The number of carbonyl (C=O) groups excluding carboxylic acids is 1. The quantitative estimate of drug-likeness (QED) is 0.336. The lowest BCUT2D eigenvalue weighted by molar-refractivity contribution is -0.116. The fraction of sp³-hybridized carbons (Fsp3) is 0.190. The number of hydrogen-bond donors (Lipinski definition) is 2. The van der Waals surface area contributed by atoms with E-state index in [1.807, 2.05) is 55.5 Å². The van der Waals surface area contributed by atoms with Gasteiger partial charge in [0.15, 0.2) is 11.6 Å². The second-order valence-electron chi connectivity index (χ2n) is 6.73. The maximum absolute atomic E-state index is 12.1. The van der Waals surface area contributed by atoms with Crippen molar-refractivity contribution in [3.05, 3.63) is 70.3 Å². The van der Waals surface area contributed by atoms with Crippen molar-refractivity contribution in [2.75, 3.05) is 5.32 Å². The van der Waals surface area contributed by atoms with E-state index in [0.717, 1.165) is 27.1 Å². The highest BCUT2D eigenvalue weighted by atomic mass is 79.9. The number of H-pyrrole nitrogens is 1. The van der Waals surface area contributed by atoms with E-state index in [9.17, 15) is 4.79 Å². The first-order chi connectivity index (χ1) is 15.1. The van der Waals surface area contributed by atoms with Gasteiger partial charge in [-0.3, -0.25) is 9.89 Å². The van der Waals surface area contributed by atoms with Crippen molar-refractivity contribution in [1.29, 1.82) is 0 Å². The Balaban J connectivity index is 1.27. The van der Waals surface area contributed by atoms with E-state index in [-0.39, 0.29) is 12.3 Å². The van der Waals surface area contributed by atoms with Crippen molar-refractivity contribution in [2.45, 2.75) is 30.7 Å². The fourth-order valence-electron chi connectivity index (χ4n) is 2.86. The number of aryl methyl sites for hydroxylation is 2. The van der Waals surface area contributed by atoms with Crippen molar-refractivity contribution in [3.63, 3.8) is 0 Å². The van der Waals surface area contributed by atoms with Crippen LogP contribution in [0.5, 0.6) is 0 Å². The van der Waals surface area contributed by atoms with Gasteiger partial charge in [0.2, 0.25) is 17.0 Å². The van der Waals surface area contributed by atoms with E-state index in [4.69, 9.17) is 4.52 Å². The van der Waals surface area contributed by atoms with Gasteiger partial charge < -0.3 is 9.84 Å². The zero-order chi connectivity index (χ0) is 21.6. The molecular formula is C21H19BrN6O2S. The maximum Gasteiger partial charge on any atom is 0.227 e. The predicted molar refractivity (Wildman–Crippen MR) is 122 cm³/mol. The smallest absolute Gasteiger partial charge is 0.227 e. The van der Waals surface area contributed by atoms with Crippen LogP contribution in [0.15, 0.2) is 62.7 Å². The first-order valence-corrected chi connectivity index (χ1v) is 11.3. The van der Waals surface area contributed by atoms with Crippen LogP contribution < -0.4 is 5.32 Å². The second kappa shape index (κ2) is 9.88. The molecule has 0 saturated carbocycles. The first-order valence-electron chi connectivity index (χ1n) is 9.55. The van der Waals surface area contributed by atoms with E-state index in [0.29, 0.717) is 29.0 Å². The molecule has 4 rings (SSSR count). The molecule has 2 aromatic heterocycles. The van der Waals surface area contributed by atoms with Crippen molar-refractivity contribution < 1.29 is 9.32 Å². The van der Waals surface area contributed by atoms with Gasteiger partial charge in [0.25, 0.3) is 0 Å². The third-order valence-electron chi connectivity index (χ3n) is 4.38. The molecule has 1 amide bonds. The topological polar surface area (TPSA) is 110 Å². The molecule has 0 fully saturated rings. The summed E-state index contributed by atoms with van der Waals surface area (Å²) in [5, 5.41) is 14.6. The zero-order valence-electron chi connectivity index (χ0n) is 16.6. The molecule has 31 heavy (non-hydrogen) atoms. The minimum absolute atomic E-state index is 0.114. The summed E-state index contributed by atoms with van der Waals surface area (Å²) >= 11 is 4.79. The Hall–Kier alpha value is -2.98. The summed E-state index contributed by atoms with van der Waals surface area (Å²) in [7, 11) is 0. The van der Waals surface area contributed by atoms with Crippen LogP contribution >= 0.6 is 27.7 Å². The predicted octanol–water partition coefficient (Wildman–Crippen LogP) is 4.79. The Labute approximate surface area is 191 Å². The highest BCUT2D eigenvalue weighted by molar-refractivity contribution is 9.10. The number of aromatic amines is 1. The van der Waals surface area contributed by atoms with Crippen LogP contribution in [0.25, 0.3) is 11.4 Å². The van der Waals surface area contributed by atoms with Crippen LogP contribution in [0.4, 0.5) is 5.69 Å². The number of thioether (sulfide) groups is 1. The number of aromatic nitrogens is 5. The number of amides is 1. The number of halogens is 1. The lowest BCUT2D eigenvalue weighted by atomic mass is 10.1. The van der Waals surface area contributed by atoms with Gasteiger partial charge in [-0.1, -0.05) is 63.2 Å². The van der Waals surface area contributed by atoms with Crippen LogP contribution in [0.3, 0.4) is 0 Å². The number of carbonyl (C=O) groups is 1. The van der Waals surface area contributed by atoms with Gasteiger partial charge in [-0.05, 0) is 30.7 Å². The molecule has 0 unspecified atom stereocenters. The first kappa shape index (κ1) is 21.3. The van der Waals surface area contributed by atoms with Gasteiger partial charge >= 0.3 is 0 Å². The summed E-state index contributed by atoms with van der Waals surface area (Å²) in [6, 6.07) is 15.4. The third-order valence-corrected chi connectivity index (χ3v) is 5.72. The largest absolute Gasteiger partial charge is 0.339 e. The standard InChI is InChI=1S/C21H19BrN6O2S/c1-13-5-2-3-8-16(13)20-25-21(27-26-20)31-12-17-24-19(30-28-17)10-9-18(29)23-15-7-4-6-14(22)11-15/h2-8,11H,9-10,12H2,1H3,(H,23,29)(H,25,26,27). The van der Waals surface area contributed by atoms with E-state index in [2.05, 4.69) is 46.6 Å². The monoisotopic (exact) mass is 498 g/mol. The number of nitrogens with one attached hydrogen (secondary N) is 2. The normalized spacial score (nSPS) is 10.9. The molecule has 0 bridgehead atoms. The van der Waals surface area contributed by atoms with Gasteiger partial charge in [-0.25, -0.2) is 4.98 Å². The molecule has 0 spiro atoms. The van der Waals surface area contributed by atoms with Crippen LogP contribution in [0.1, 0.15) is 23.7 Å². The highest BCUT2D eigenvalue weighted by Gasteiger charge is 2.12. The Morgan fingerprint density at radius 1 is 1.19 bits per heavy atom. The molecular weight excluding hydrogens is 480 g/mol. The Morgan fingerprint density at radius 2 is 2.06 bits per heavy atom. The van der Waals surface area contributed by atoms with Crippen molar-refractivity contribution in [3.8, 4) is 11.4 Å². The number of rotatable bonds is 8. The van der Waals surface area contributed by atoms with Crippen LogP contribution in [0.2, 0.25) is 0 Å². The van der Waals surface area contributed by atoms with Crippen LogP contribution in [0, 0.1) is 6.92 Å². The van der Waals surface area contributed by atoms with Gasteiger partial charge in [0, 0.05) is 28.6 Å². The summed E-state index contributed by atoms with van der Waals surface area (Å²) < 4.78 is 6.16. The Kier molecular flexibility index (Phi) is 6.78. The van der Waals surface area contributed by atoms with Gasteiger partial charge in [-0.2, -0.15) is 4.98 Å². The maximum atomic E-state index is 12.1. The van der Waals surface area contributed by atoms with E-state index >= 15 is 0 Å². The SMILES string of the molecule is Cc1ccccc1-c1nc(SCc2noc(CCC(=O)Nc3cccc(Br)c3)n2)n[nH]1. The summed E-state index contributed by atoms with van der Waals surface area (Å²) in [6.07, 6.45) is 0.623. The van der Waals surface area contributed by atoms with Gasteiger partial charge in [-0.15, -0.1) is 5.10 Å². The molecule has 0 saturated heterocycles. The third kappa shape index (κ3) is 5.80. The van der Waals surface area contributed by atoms with E-state index in [1.165, 1.54) is 11.8 Å². The number of benzene rings is 2. The molecule has 2 heterocycles. The summed E-state index contributed by atoms with van der Waals surface area (Å²) in [6.45, 7) is 2.03. The number of hydrogen-bond acceptors (Lipinski definition) is 7. The molecule has 4 aromatic rings.